The Kier molecular flexibility index (Phi) is 4.43. The van der Waals surface area contributed by atoms with E-state index in [-0.39, 0.29) is 27.5 Å². The largest absolute Gasteiger partial charge is 0.358 e. The lowest BCUT2D eigenvalue weighted by Crippen LogP contribution is -1.97. The van der Waals surface area contributed by atoms with Crippen LogP contribution in [0, 0.1) is 44.1 Å². The smallest absolute Gasteiger partial charge is 0.272 e. The lowest BCUT2D eigenvalue weighted by Gasteiger charge is -2.06. The van der Waals surface area contributed by atoms with Crippen LogP contribution in [0.4, 0.5) is 11.4 Å². The zero-order valence-corrected chi connectivity index (χ0v) is 9.97. The maximum atomic E-state index is 10.6. The van der Waals surface area contributed by atoms with E-state index in [2.05, 4.69) is 5.32 Å². The molecule has 0 radical (unpaired) electrons. The van der Waals surface area contributed by atoms with Crippen LogP contribution < -0.4 is 5.32 Å². The van der Waals surface area contributed by atoms with Crippen LogP contribution in [-0.2, 0) is 0 Å². The lowest BCUT2D eigenvalue weighted by molar-refractivity contribution is -0.384. The molecule has 0 heterocycles. The highest BCUT2D eigenvalue weighted by molar-refractivity contribution is 6.33. The van der Waals surface area contributed by atoms with E-state index in [4.69, 9.17) is 27.4 Å². The van der Waals surface area contributed by atoms with Crippen molar-refractivity contribution < 1.29 is 4.92 Å². The molecule has 1 N–H and O–H groups in total. The van der Waals surface area contributed by atoms with Gasteiger partial charge < -0.3 is 5.32 Å². The second-order valence-corrected chi connectivity index (χ2v) is 3.55. The van der Waals surface area contributed by atoms with Crippen molar-refractivity contribution in [2.24, 2.45) is 0 Å². The van der Waals surface area contributed by atoms with Crippen molar-refractivity contribution in [3.63, 3.8) is 0 Å². The molecule has 8 heteroatoms. The molecule has 1 aromatic rings. The van der Waals surface area contributed by atoms with Gasteiger partial charge in [-0.25, -0.2) is 0 Å². The third kappa shape index (κ3) is 3.19. The molecule has 0 saturated carbocycles. The minimum Gasteiger partial charge on any atom is -0.358 e. The van der Waals surface area contributed by atoms with E-state index in [1.54, 1.807) is 18.2 Å². The van der Waals surface area contributed by atoms with Gasteiger partial charge in [-0.15, -0.1) is 0 Å². The van der Waals surface area contributed by atoms with E-state index in [1.807, 2.05) is 0 Å². The maximum Gasteiger partial charge on any atom is 0.272 e. The molecule has 92 valence electrons. The molecule has 1 rings (SSSR count). The number of benzene rings is 1. The van der Waals surface area contributed by atoms with Gasteiger partial charge in [0.15, 0.2) is 0 Å². The summed E-state index contributed by atoms with van der Waals surface area (Å²) in [5, 5.41) is 39.1. The number of nitro benzene ring substituents is 1. The van der Waals surface area contributed by atoms with Gasteiger partial charge in [0.1, 0.15) is 23.8 Å². The molecule has 0 aromatic heterocycles. The molecule has 0 amide bonds. The minimum absolute atomic E-state index is 0.0581. The Labute approximate surface area is 112 Å². The molecule has 0 bridgehead atoms. The number of halogens is 1. The van der Waals surface area contributed by atoms with Crippen molar-refractivity contribution in [3.8, 4) is 18.2 Å². The molecule has 0 spiro atoms. The van der Waals surface area contributed by atoms with Gasteiger partial charge in [-0.3, -0.25) is 10.1 Å². The monoisotopic (exact) mass is 273 g/mol. The van der Waals surface area contributed by atoms with E-state index in [0.29, 0.717) is 0 Å². The van der Waals surface area contributed by atoms with Gasteiger partial charge in [0.25, 0.3) is 5.69 Å². The van der Waals surface area contributed by atoms with Crippen LogP contribution in [0.1, 0.15) is 5.56 Å². The van der Waals surface area contributed by atoms with Gasteiger partial charge >= 0.3 is 0 Å². The molecule has 0 fully saturated rings. The quantitative estimate of drug-likeness (QED) is 0.512. The number of hydrogen-bond acceptors (Lipinski definition) is 6. The van der Waals surface area contributed by atoms with E-state index in [1.165, 1.54) is 0 Å². The summed E-state index contributed by atoms with van der Waals surface area (Å²) in [6.07, 6.45) is 1.06. The Morgan fingerprint density at radius 2 is 2.00 bits per heavy atom. The molecule has 0 atom stereocenters. The van der Waals surface area contributed by atoms with E-state index in [0.717, 1.165) is 18.3 Å². The SMILES string of the molecule is N#CC(C#N)=CNc1c(Cl)cc([N+](=O)[O-])cc1C#N. The number of nitrogens with one attached hydrogen (secondary N) is 1. The molecule has 0 saturated heterocycles. The fourth-order valence-corrected chi connectivity index (χ4v) is 1.43. The Hall–Kier alpha value is -3.08. The number of allylic oxidation sites excluding steroid dienone is 1. The highest BCUT2D eigenvalue weighted by Crippen LogP contribution is 2.31. The summed E-state index contributed by atoms with van der Waals surface area (Å²) >= 11 is 5.81. The molecule has 0 aliphatic heterocycles. The van der Waals surface area contributed by atoms with Crippen molar-refractivity contribution in [2.75, 3.05) is 5.32 Å². The Bertz CT molecular complexity index is 675. The molecule has 7 nitrogen and oxygen atoms in total. The van der Waals surface area contributed by atoms with Crippen LogP contribution in [0.2, 0.25) is 5.02 Å². The van der Waals surface area contributed by atoms with Crippen LogP contribution in [0.3, 0.4) is 0 Å². The number of non-ortho nitro benzene ring substituents is 1. The number of rotatable bonds is 3. The second kappa shape index (κ2) is 6.02. The zero-order valence-electron chi connectivity index (χ0n) is 9.22. The van der Waals surface area contributed by atoms with Gasteiger partial charge in [-0.1, -0.05) is 11.6 Å². The van der Waals surface area contributed by atoms with Crippen molar-refractivity contribution in [2.45, 2.75) is 0 Å². The average molecular weight is 274 g/mol. The number of nitrogens with zero attached hydrogens (tertiary/aromatic N) is 4. The van der Waals surface area contributed by atoms with Gasteiger partial charge in [-0.2, -0.15) is 15.8 Å². The highest BCUT2D eigenvalue weighted by atomic mass is 35.5. The van der Waals surface area contributed by atoms with Gasteiger partial charge in [0.2, 0.25) is 0 Å². The first-order valence-electron chi connectivity index (χ1n) is 4.68. The first-order chi connectivity index (χ1) is 9.03. The summed E-state index contributed by atoms with van der Waals surface area (Å²) in [7, 11) is 0. The van der Waals surface area contributed by atoms with Crippen LogP contribution in [-0.4, -0.2) is 4.92 Å². The van der Waals surface area contributed by atoms with Crippen molar-refractivity contribution in [3.05, 3.63) is 44.6 Å². The summed E-state index contributed by atoms with van der Waals surface area (Å²) in [4.78, 5) is 9.93. The first kappa shape index (κ1) is 14.0. The summed E-state index contributed by atoms with van der Waals surface area (Å²) in [5.41, 5.74) is -0.515. The van der Waals surface area contributed by atoms with Gasteiger partial charge in [0.05, 0.1) is 21.2 Å². The van der Waals surface area contributed by atoms with Crippen molar-refractivity contribution in [1.29, 1.82) is 15.8 Å². The van der Waals surface area contributed by atoms with Crippen LogP contribution in [0.5, 0.6) is 0 Å². The highest BCUT2D eigenvalue weighted by Gasteiger charge is 2.15. The second-order valence-electron chi connectivity index (χ2n) is 3.15. The summed E-state index contributed by atoms with van der Waals surface area (Å²) in [6.45, 7) is 0. The van der Waals surface area contributed by atoms with E-state index in [9.17, 15) is 10.1 Å². The lowest BCUT2D eigenvalue weighted by atomic mass is 10.1. The third-order valence-corrected chi connectivity index (χ3v) is 2.31. The van der Waals surface area contributed by atoms with Crippen LogP contribution in [0.25, 0.3) is 0 Å². The van der Waals surface area contributed by atoms with Crippen molar-refractivity contribution in [1.82, 2.24) is 0 Å². The summed E-state index contributed by atoms with van der Waals surface area (Å²) < 4.78 is 0. The molecule has 0 aliphatic carbocycles. The number of hydrogen-bond donors (Lipinski definition) is 1. The fourth-order valence-electron chi connectivity index (χ4n) is 1.17. The molecular formula is C11H4ClN5O2. The van der Waals surface area contributed by atoms with E-state index >= 15 is 0 Å². The predicted octanol–water partition coefficient (Wildman–Crippen LogP) is 2.46. The molecule has 19 heavy (non-hydrogen) atoms. The molecular weight excluding hydrogens is 270 g/mol. The standard InChI is InChI=1S/C11H4ClN5O2/c12-10-2-9(17(18)19)1-8(5-15)11(10)16-6-7(3-13)4-14/h1-2,6,16H. The molecule has 1 aromatic carbocycles. The predicted molar refractivity (Wildman–Crippen MR) is 65.8 cm³/mol. The Balaban J connectivity index is 3.28. The summed E-state index contributed by atoms with van der Waals surface area (Å²) in [5.74, 6) is 0. The third-order valence-electron chi connectivity index (χ3n) is 2.01. The summed E-state index contributed by atoms with van der Waals surface area (Å²) in [6, 6.07) is 7.08. The maximum absolute atomic E-state index is 10.6. The van der Waals surface area contributed by atoms with Crippen molar-refractivity contribution >= 4 is 23.0 Å². The van der Waals surface area contributed by atoms with Crippen LogP contribution in [0.15, 0.2) is 23.9 Å². The fraction of sp³-hybridized carbons (Fsp3) is 0. The topological polar surface area (TPSA) is 127 Å². The number of anilines is 1. The zero-order chi connectivity index (χ0) is 14.4. The van der Waals surface area contributed by atoms with Gasteiger partial charge in [0, 0.05) is 18.3 Å². The molecule has 0 unspecified atom stereocenters. The number of nitro groups is 1. The Morgan fingerprint density at radius 3 is 2.47 bits per heavy atom. The van der Waals surface area contributed by atoms with Crippen LogP contribution >= 0.6 is 11.6 Å². The number of nitriles is 3. The Morgan fingerprint density at radius 1 is 1.37 bits per heavy atom. The first-order valence-corrected chi connectivity index (χ1v) is 5.06. The van der Waals surface area contributed by atoms with E-state index < -0.39 is 4.92 Å². The average Bonchev–Trinajstić information content (AvgIpc) is 2.40. The van der Waals surface area contributed by atoms with Gasteiger partial charge in [-0.05, 0) is 0 Å². The molecule has 0 aliphatic rings. The minimum atomic E-state index is -0.678. The normalized spacial score (nSPS) is 8.53.